The molecule has 70 heavy (non-hydrogen) atoms. The maximum absolute atomic E-state index is 14.8. The van der Waals surface area contributed by atoms with E-state index in [-0.39, 0.29) is 60.2 Å². The summed E-state index contributed by atoms with van der Waals surface area (Å²) in [7, 11) is 1.72. The summed E-state index contributed by atoms with van der Waals surface area (Å²) in [5.41, 5.74) is 3.44. The van der Waals surface area contributed by atoms with Crippen molar-refractivity contribution < 1.29 is 43.0 Å². The number of ether oxygens (including phenoxy) is 2. The number of aryl methyl sites for hydroxylation is 1. The van der Waals surface area contributed by atoms with Crippen LogP contribution in [0.5, 0.6) is 11.5 Å². The molecule has 6 atom stereocenters. The molecule has 8 rings (SSSR count). The summed E-state index contributed by atoms with van der Waals surface area (Å²) in [6, 6.07) is 17.7. The molecule has 374 valence electrons. The van der Waals surface area contributed by atoms with Gasteiger partial charge in [0.1, 0.15) is 35.7 Å². The van der Waals surface area contributed by atoms with Gasteiger partial charge in [0.05, 0.1) is 36.4 Å². The van der Waals surface area contributed by atoms with Crippen LogP contribution in [0.25, 0.3) is 0 Å². The van der Waals surface area contributed by atoms with Crippen molar-refractivity contribution in [3.63, 3.8) is 0 Å². The van der Waals surface area contributed by atoms with Gasteiger partial charge in [-0.1, -0.05) is 81.3 Å². The topological polar surface area (TPSA) is 205 Å². The fourth-order valence-corrected chi connectivity index (χ4v) is 10.8. The van der Waals surface area contributed by atoms with E-state index in [2.05, 4.69) is 38.7 Å². The van der Waals surface area contributed by atoms with Crippen LogP contribution in [0.1, 0.15) is 148 Å². The van der Waals surface area contributed by atoms with Crippen LogP contribution in [0.4, 0.5) is 5.69 Å². The van der Waals surface area contributed by atoms with E-state index >= 15 is 0 Å². The molecular formula is C54H69N7O9. The van der Waals surface area contributed by atoms with Crippen molar-refractivity contribution in [3.05, 3.63) is 89.0 Å². The number of hydrogen-bond donors (Lipinski definition) is 5. The first-order valence-electron chi connectivity index (χ1n) is 25.6. The maximum atomic E-state index is 14.8. The number of fused-ring (bicyclic) bond motifs is 2. The second-order valence-electron chi connectivity index (χ2n) is 19.6. The van der Waals surface area contributed by atoms with Crippen LogP contribution in [0.3, 0.4) is 0 Å². The van der Waals surface area contributed by atoms with E-state index in [4.69, 9.17) is 9.47 Å². The second-order valence-corrected chi connectivity index (χ2v) is 19.6. The van der Waals surface area contributed by atoms with Gasteiger partial charge in [-0.25, -0.2) is 0 Å². The van der Waals surface area contributed by atoms with Crippen LogP contribution < -0.4 is 36.1 Å². The predicted octanol–water partition coefficient (Wildman–Crippen LogP) is 6.13. The molecule has 1 saturated carbocycles. The predicted molar refractivity (Wildman–Crippen MR) is 263 cm³/mol. The molecule has 2 aliphatic carbocycles. The number of carbonyl (C=O) groups excluding carboxylic acids is 7. The Morgan fingerprint density at radius 1 is 0.800 bits per heavy atom. The van der Waals surface area contributed by atoms with Crippen LogP contribution in [-0.4, -0.2) is 108 Å². The maximum Gasteiger partial charge on any atom is 0.264 e. The molecule has 0 spiro atoms. The Balaban J connectivity index is 0.808. The average molecular weight is 960 g/mol. The summed E-state index contributed by atoms with van der Waals surface area (Å²) in [5, 5.41) is 14.9. The first kappa shape index (κ1) is 50.1. The molecule has 7 amide bonds. The molecule has 3 aromatic carbocycles. The Kier molecular flexibility index (Phi) is 16.9. The molecule has 3 aromatic rings. The molecule has 16 heteroatoms. The van der Waals surface area contributed by atoms with E-state index < -0.39 is 53.9 Å². The molecule has 3 aliphatic heterocycles. The highest BCUT2D eigenvalue weighted by Gasteiger charge is 2.47. The molecule has 3 heterocycles. The normalized spacial score (nSPS) is 22.1. The second kappa shape index (κ2) is 23.5. The summed E-state index contributed by atoms with van der Waals surface area (Å²) in [6.45, 7) is 3.13. The SMILES string of the molecule is CN[C@@H](C)C(=O)N[C@H](C(=O)N1C[C@@H](Oc2cccc(OCCCCCCCCNc3cccc4c3C(=O)N(C3CCC(=O)NC3=O)C4=O)c2)C[C@H]1C(=O)N[C@@H]1CCCc2ccccc21)C1CCCCC1. The summed E-state index contributed by atoms with van der Waals surface area (Å²) in [5.74, 6) is -1.52. The molecule has 3 fully saturated rings. The van der Waals surface area contributed by atoms with Gasteiger partial charge < -0.3 is 35.6 Å². The smallest absolute Gasteiger partial charge is 0.264 e. The fraction of sp³-hybridized carbons (Fsp3) is 0.537. The van der Waals surface area contributed by atoms with Crippen molar-refractivity contribution in [3.8, 4) is 11.5 Å². The standard InChI is InChI=1S/C54H69N7O9/c1-34(55-2)49(63)59-48(36-18-8-7-9-19-36)54(68)60-33-39(32-45(60)51(65)57-42-25-14-20-35-17-10-11-23-40(35)42)70-38-22-15-21-37(31-38)69-30-13-6-4-3-5-12-29-56-43-26-16-24-41-47(43)53(67)61(52(41)66)44-27-28-46(62)58-50(44)64/h10-11,15-17,21-24,26,31,34,36,39,42,44-45,48,55-56H,3-9,12-14,18-20,25,27-30,32-33H2,1-2H3,(H,57,65)(H,59,63)(H,58,62,64)/t34-,39-,42+,44?,45-,48-/m0/s1. The third-order valence-corrected chi connectivity index (χ3v) is 14.8. The van der Waals surface area contributed by atoms with E-state index in [0.29, 0.717) is 36.8 Å². The van der Waals surface area contributed by atoms with Crippen LogP contribution >= 0.6 is 0 Å². The molecule has 0 bridgehead atoms. The number of amides is 7. The number of piperidine rings is 1. The Morgan fingerprint density at radius 2 is 1.56 bits per heavy atom. The molecule has 0 aromatic heterocycles. The Hall–Kier alpha value is -6.29. The van der Waals surface area contributed by atoms with Crippen LogP contribution in [0.2, 0.25) is 0 Å². The molecule has 5 N–H and O–H groups in total. The first-order chi connectivity index (χ1) is 34.0. The van der Waals surface area contributed by atoms with Gasteiger partial charge in [0.2, 0.25) is 29.5 Å². The lowest BCUT2D eigenvalue weighted by Crippen LogP contribution is -2.58. The van der Waals surface area contributed by atoms with Gasteiger partial charge >= 0.3 is 0 Å². The summed E-state index contributed by atoms with van der Waals surface area (Å²) < 4.78 is 12.7. The number of nitrogens with zero attached hydrogens (tertiary/aromatic N) is 2. The number of unbranched alkanes of at least 4 members (excludes halogenated alkanes) is 5. The van der Waals surface area contributed by atoms with Crippen molar-refractivity contribution in [1.82, 2.24) is 31.1 Å². The minimum Gasteiger partial charge on any atom is -0.493 e. The van der Waals surface area contributed by atoms with Crippen LogP contribution in [0.15, 0.2) is 66.7 Å². The number of rotatable bonds is 21. The van der Waals surface area contributed by atoms with E-state index in [1.807, 2.05) is 36.4 Å². The van der Waals surface area contributed by atoms with E-state index in [9.17, 15) is 33.6 Å². The van der Waals surface area contributed by atoms with Gasteiger partial charge in [-0.2, -0.15) is 0 Å². The molecule has 2 saturated heterocycles. The number of anilines is 1. The van der Waals surface area contributed by atoms with Crippen molar-refractivity contribution in [1.29, 1.82) is 0 Å². The van der Waals surface area contributed by atoms with Gasteiger partial charge in [0.25, 0.3) is 11.8 Å². The molecular weight excluding hydrogens is 891 g/mol. The highest BCUT2D eigenvalue weighted by atomic mass is 16.5. The largest absolute Gasteiger partial charge is 0.493 e. The quantitative estimate of drug-likeness (QED) is 0.0607. The number of likely N-dealkylation sites (tertiary alicyclic amines) is 1. The lowest BCUT2D eigenvalue weighted by molar-refractivity contribution is -0.143. The highest BCUT2D eigenvalue weighted by Crippen LogP contribution is 2.35. The van der Waals surface area contributed by atoms with E-state index in [0.717, 1.165) is 100 Å². The zero-order valence-electron chi connectivity index (χ0n) is 40.6. The van der Waals surface area contributed by atoms with E-state index in [1.54, 1.807) is 37.1 Å². The summed E-state index contributed by atoms with van der Waals surface area (Å²) in [6.07, 6.45) is 13.3. The lowest BCUT2D eigenvalue weighted by Gasteiger charge is -2.35. The van der Waals surface area contributed by atoms with Crippen LogP contribution in [-0.2, 0) is 30.4 Å². The van der Waals surface area contributed by atoms with Gasteiger partial charge in [0.15, 0.2) is 0 Å². The number of imide groups is 2. The van der Waals surface area contributed by atoms with Crippen molar-refractivity contribution in [2.24, 2.45) is 5.92 Å². The third kappa shape index (κ3) is 11.8. The molecule has 16 nitrogen and oxygen atoms in total. The third-order valence-electron chi connectivity index (χ3n) is 14.8. The van der Waals surface area contributed by atoms with Gasteiger partial charge in [0, 0.05) is 31.1 Å². The Labute approximate surface area is 410 Å². The van der Waals surface area contributed by atoms with Gasteiger partial charge in [-0.3, -0.25) is 43.8 Å². The average Bonchev–Trinajstić information content (AvgIpc) is 3.91. The monoisotopic (exact) mass is 960 g/mol. The zero-order valence-corrected chi connectivity index (χ0v) is 40.6. The molecule has 1 unspecified atom stereocenters. The number of carbonyl (C=O) groups is 7. The first-order valence-corrected chi connectivity index (χ1v) is 25.6. The van der Waals surface area contributed by atoms with Crippen molar-refractivity contribution >= 4 is 47.0 Å². The zero-order chi connectivity index (χ0) is 49.1. The minimum absolute atomic E-state index is 0.0197. The summed E-state index contributed by atoms with van der Waals surface area (Å²) in [4.78, 5) is 95.8. The fourth-order valence-electron chi connectivity index (χ4n) is 10.8. The van der Waals surface area contributed by atoms with Gasteiger partial charge in [-0.15, -0.1) is 0 Å². The number of likely N-dealkylation sites (N-methyl/N-ethyl adjacent to an activating group) is 1. The minimum atomic E-state index is -1.00. The number of hydrogen-bond acceptors (Lipinski definition) is 11. The molecule has 5 aliphatic rings. The van der Waals surface area contributed by atoms with Crippen molar-refractivity contribution in [2.75, 3.05) is 32.1 Å². The highest BCUT2D eigenvalue weighted by molar-refractivity contribution is 6.25. The lowest BCUT2D eigenvalue weighted by atomic mass is 9.83. The van der Waals surface area contributed by atoms with Crippen LogP contribution in [0, 0.1) is 5.92 Å². The molecule has 0 radical (unpaired) electrons. The number of nitrogens with one attached hydrogen (secondary N) is 5. The van der Waals surface area contributed by atoms with Crippen molar-refractivity contribution in [2.45, 2.75) is 152 Å². The number of benzene rings is 3. The Morgan fingerprint density at radius 3 is 2.36 bits per heavy atom. The Bertz CT molecular complexity index is 2400. The summed E-state index contributed by atoms with van der Waals surface area (Å²) >= 11 is 0. The van der Waals surface area contributed by atoms with Gasteiger partial charge in [-0.05, 0) is 107 Å². The van der Waals surface area contributed by atoms with E-state index in [1.165, 1.54) is 5.56 Å².